The average Bonchev–Trinajstić information content (AvgIpc) is 2.64. The first-order chi connectivity index (χ1) is 8.00. The van der Waals surface area contributed by atoms with Crippen LogP contribution in [0.2, 0.25) is 0 Å². The second-order valence-corrected chi connectivity index (χ2v) is 4.64. The predicted molar refractivity (Wildman–Crippen MR) is 67.7 cm³/mol. The number of carboxylic acids is 1. The molecule has 88 valence electrons. The summed E-state index contributed by atoms with van der Waals surface area (Å²) in [6, 6.07) is 5.68. The summed E-state index contributed by atoms with van der Waals surface area (Å²) in [7, 11) is 0. The highest BCUT2D eigenvalue weighted by Gasteiger charge is 2.16. The number of carbonyl (C=O) groups is 1. The minimum Gasteiger partial charge on any atom is -0.477 e. The van der Waals surface area contributed by atoms with E-state index >= 15 is 0 Å². The molecular weight excluding hydrogens is 284 g/mol. The Hall–Kier alpha value is -1.62. The second kappa shape index (κ2) is 4.33. The van der Waals surface area contributed by atoms with E-state index in [-0.39, 0.29) is 5.69 Å². The van der Waals surface area contributed by atoms with Gasteiger partial charge in [0, 0.05) is 10.2 Å². The van der Waals surface area contributed by atoms with Gasteiger partial charge >= 0.3 is 5.97 Å². The number of aromatic carboxylic acids is 1. The van der Waals surface area contributed by atoms with Crippen molar-refractivity contribution >= 4 is 21.9 Å². The van der Waals surface area contributed by atoms with Crippen molar-refractivity contribution in [1.82, 2.24) is 9.55 Å². The summed E-state index contributed by atoms with van der Waals surface area (Å²) in [5.74, 6) is -0.975. The molecular formula is C12H11BrN2O2. The fourth-order valence-corrected chi connectivity index (χ4v) is 1.99. The van der Waals surface area contributed by atoms with Gasteiger partial charge in [0.2, 0.25) is 0 Å². The molecule has 0 radical (unpaired) electrons. The highest BCUT2D eigenvalue weighted by Crippen LogP contribution is 2.22. The van der Waals surface area contributed by atoms with Gasteiger partial charge in [-0.15, -0.1) is 0 Å². The molecule has 2 aromatic rings. The monoisotopic (exact) mass is 294 g/mol. The van der Waals surface area contributed by atoms with Crippen LogP contribution in [-0.4, -0.2) is 20.6 Å². The van der Waals surface area contributed by atoms with E-state index in [0.717, 1.165) is 15.7 Å². The standard InChI is InChI=1S/C12H11BrN2O2/c1-7-3-4-9(5-10(7)13)15-6-14-8(2)11(15)12(16)17/h3-6H,1-2H3,(H,16,17). The van der Waals surface area contributed by atoms with E-state index in [1.54, 1.807) is 11.5 Å². The maximum atomic E-state index is 11.2. The number of benzene rings is 1. The van der Waals surface area contributed by atoms with Crippen LogP contribution in [0.15, 0.2) is 29.0 Å². The Morgan fingerprint density at radius 3 is 2.71 bits per heavy atom. The number of hydrogen-bond donors (Lipinski definition) is 1. The summed E-state index contributed by atoms with van der Waals surface area (Å²) in [4.78, 5) is 15.2. The van der Waals surface area contributed by atoms with Crippen LogP contribution in [0.5, 0.6) is 0 Å². The molecule has 0 atom stereocenters. The lowest BCUT2D eigenvalue weighted by Crippen LogP contribution is -2.07. The van der Waals surface area contributed by atoms with Crippen LogP contribution in [0.1, 0.15) is 21.7 Å². The Labute approximate surface area is 107 Å². The van der Waals surface area contributed by atoms with E-state index in [4.69, 9.17) is 5.11 Å². The fraction of sp³-hybridized carbons (Fsp3) is 0.167. The third-order valence-corrected chi connectivity index (χ3v) is 3.44. The Morgan fingerprint density at radius 2 is 2.12 bits per heavy atom. The topological polar surface area (TPSA) is 55.1 Å². The van der Waals surface area contributed by atoms with Gasteiger partial charge in [0.15, 0.2) is 5.69 Å². The maximum absolute atomic E-state index is 11.2. The first-order valence-electron chi connectivity index (χ1n) is 5.04. The van der Waals surface area contributed by atoms with E-state index in [0.29, 0.717) is 5.69 Å². The molecule has 0 fully saturated rings. The van der Waals surface area contributed by atoms with Gasteiger partial charge in [0.25, 0.3) is 0 Å². The predicted octanol–water partition coefficient (Wildman–Crippen LogP) is 2.95. The van der Waals surface area contributed by atoms with Gasteiger partial charge in [-0.2, -0.15) is 0 Å². The number of aryl methyl sites for hydroxylation is 2. The van der Waals surface area contributed by atoms with Crippen molar-refractivity contribution in [1.29, 1.82) is 0 Å². The Bertz CT molecular complexity index is 590. The molecule has 0 spiro atoms. The Kier molecular flexibility index (Phi) is 3.02. The van der Waals surface area contributed by atoms with Gasteiger partial charge in [-0.3, -0.25) is 4.57 Å². The largest absolute Gasteiger partial charge is 0.477 e. The van der Waals surface area contributed by atoms with Crippen molar-refractivity contribution in [2.75, 3.05) is 0 Å². The summed E-state index contributed by atoms with van der Waals surface area (Å²) >= 11 is 3.43. The molecule has 0 amide bonds. The van der Waals surface area contributed by atoms with Gasteiger partial charge < -0.3 is 5.11 Å². The van der Waals surface area contributed by atoms with E-state index in [1.807, 2.05) is 25.1 Å². The molecule has 1 aromatic heterocycles. The molecule has 17 heavy (non-hydrogen) atoms. The molecule has 0 saturated carbocycles. The molecule has 0 saturated heterocycles. The van der Waals surface area contributed by atoms with Crippen molar-refractivity contribution in [3.8, 4) is 5.69 Å². The lowest BCUT2D eigenvalue weighted by Gasteiger charge is -2.07. The van der Waals surface area contributed by atoms with Crippen LogP contribution in [0.4, 0.5) is 0 Å². The first-order valence-corrected chi connectivity index (χ1v) is 5.83. The summed E-state index contributed by atoms with van der Waals surface area (Å²) in [5.41, 5.74) is 2.58. The molecule has 1 N–H and O–H groups in total. The smallest absolute Gasteiger partial charge is 0.354 e. The molecule has 4 nitrogen and oxygen atoms in total. The zero-order chi connectivity index (χ0) is 12.6. The number of rotatable bonds is 2. The van der Waals surface area contributed by atoms with Crippen LogP contribution in [0, 0.1) is 13.8 Å². The number of carboxylic acid groups (broad SMARTS) is 1. The quantitative estimate of drug-likeness (QED) is 0.926. The van der Waals surface area contributed by atoms with Crippen molar-refractivity contribution in [2.24, 2.45) is 0 Å². The number of nitrogens with zero attached hydrogens (tertiary/aromatic N) is 2. The van der Waals surface area contributed by atoms with Crippen LogP contribution in [0.3, 0.4) is 0 Å². The van der Waals surface area contributed by atoms with Crippen LogP contribution in [-0.2, 0) is 0 Å². The Balaban J connectivity index is 2.60. The highest BCUT2D eigenvalue weighted by molar-refractivity contribution is 9.10. The van der Waals surface area contributed by atoms with Gasteiger partial charge in [0.1, 0.15) is 6.33 Å². The van der Waals surface area contributed by atoms with E-state index < -0.39 is 5.97 Å². The Morgan fingerprint density at radius 1 is 1.41 bits per heavy atom. The molecule has 2 rings (SSSR count). The minimum absolute atomic E-state index is 0.195. The molecule has 1 heterocycles. The molecule has 0 aliphatic rings. The zero-order valence-corrected chi connectivity index (χ0v) is 11.0. The fourth-order valence-electron chi connectivity index (χ4n) is 1.62. The van der Waals surface area contributed by atoms with Crippen LogP contribution >= 0.6 is 15.9 Å². The van der Waals surface area contributed by atoms with Crippen molar-refractivity contribution < 1.29 is 9.90 Å². The normalized spacial score (nSPS) is 10.5. The summed E-state index contributed by atoms with van der Waals surface area (Å²) < 4.78 is 2.51. The summed E-state index contributed by atoms with van der Waals surface area (Å²) in [5, 5.41) is 9.15. The van der Waals surface area contributed by atoms with Crippen LogP contribution < -0.4 is 0 Å². The summed E-state index contributed by atoms with van der Waals surface area (Å²) in [6.07, 6.45) is 1.52. The number of aromatic nitrogens is 2. The first kappa shape index (κ1) is 11.9. The molecule has 0 aliphatic carbocycles. The van der Waals surface area contributed by atoms with Gasteiger partial charge in [-0.25, -0.2) is 9.78 Å². The van der Waals surface area contributed by atoms with Gasteiger partial charge in [0.05, 0.1) is 5.69 Å². The molecule has 0 bridgehead atoms. The van der Waals surface area contributed by atoms with Crippen molar-refractivity contribution in [3.05, 3.63) is 46.0 Å². The average molecular weight is 295 g/mol. The van der Waals surface area contributed by atoms with Crippen molar-refractivity contribution in [2.45, 2.75) is 13.8 Å². The number of halogens is 1. The molecule has 0 unspecified atom stereocenters. The van der Waals surface area contributed by atoms with Crippen molar-refractivity contribution in [3.63, 3.8) is 0 Å². The minimum atomic E-state index is -0.975. The molecule has 5 heteroatoms. The SMILES string of the molecule is Cc1ccc(-n2cnc(C)c2C(=O)O)cc1Br. The third kappa shape index (κ3) is 2.10. The van der Waals surface area contributed by atoms with E-state index in [1.165, 1.54) is 6.33 Å². The lowest BCUT2D eigenvalue weighted by molar-refractivity contribution is 0.0687. The highest BCUT2D eigenvalue weighted by atomic mass is 79.9. The number of imidazole rings is 1. The lowest BCUT2D eigenvalue weighted by atomic mass is 10.2. The summed E-state index contributed by atoms with van der Waals surface area (Å²) in [6.45, 7) is 3.66. The third-order valence-electron chi connectivity index (χ3n) is 2.59. The zero-order valence-electron chi connectivity index (χ0n) is 9.44. The van der Waals surface area contributed by atoms with E-state index in [2.05, 4.69) is 20.9 Å². The number of hydrogen-bond acceptors (Lipinski definition) is 2. The van der Waals surface area contributed by atoms with Gasteiger partial charge in [-0.05, 0) is 31.5 Å². The second-order valence-electron chi connectivity index (χ2n) is 3.79. The molecule has 1 aromatic carbocycles. The maximum Gasteiger partial charge on any atom is 0.354 e. The molecule has 0 aliphatic heterocycles. The van der Waals surface area contributed by atoms with Crippen LogP contribution in [0.25, 0.3) is 5.69 Å². The van der Waals surface area contributed by atoms with E-state index in [9.17, 15) is 4.79 Å². The van der Waals surface area contributed by atoms with Gasteiger partial charge in [-0.1, -0.05) is 22.0 Å².